The normalized spacial score (nSPS) is 11.5. The Labute approximate surface area is 181 Å². The quantitative estimate of drug-likeness (QED) is 0.280. The molecule has 0 N–H and O–H groups in total. The van der Waals surface area contributed by atoms with E-state index >= 15 is 0 Å². The summed E-state index contributed by atoms with van der Waals surface area (Å²) in [5.41, 5.74) is 5.23. The molecule has 0 bridgehead atoms. The lowest BCUT2D eigenvalue weighted by Gasteiger charge is -2.12. The summed E-state index contributed by atoms with van der Waals surface area (Å²) in [5.74, 6) is 0.888. The van der Waals surface area contributed by atoms with Gasteiger partial charge in [-0.05, 0) is 36.4 Å². The van der Waals surface area contributed by atoms with Crippen LogP contribution in [0.3, 0.4) is 0 Å². The Hall–Kier alpha value is -3.50. The van der Waals surface area contributed by atoms with Gasteiger partial charge in [0.25, 0.3) is 0 Å². The zero-order valence-electron chi connectivity index (χ0n) is 16.0. The Bertz CT molecular complexity index is 1530. The van der Waals surface area contributed by atoms with Crippen molar-refractivity contribution >= 4 is 48.6 Å². The van der Waals surface area contributed by atoms with Crippen LogP contribution in [-0.2, 0) is 0 Å². The van der Waals surface area contributed by atoms with Crippen molar-refractivity contribution in [3.8, 4) is 17.1 Å². The highest BCUT2D eigenvalue weighted by Gasteiger charge is 2.20. The number of hydrogen-bond donors (Lipinski definition) is 0. The molecule has 0 amide bonds. The largest absolute Gasteiger partial charge is 0.292 e. The predicted molar refractivity (Wildman–Crippen MR) is 127 cm³/mol. The molecule has 3 aromatic heterocycles. The van der Waals surface area contributed by atoms with Crippen LogP contribution in [0.25, 0.3) is 49.8 Å². The van der Waals surface area contributed by atoms with Crippen molar-refractivity contribution < 1.29 is 0 Å². The molecule has 4 heteroatoms. The first-order chi connectivity index (χ1) is 14.8. The van der Waals surface area contributed by atoms with Gasteiger partial charge in [-0.25, -0.2) is 9.97 Å². The van der Waals surface area contributed by atoms with Gasteiger partial charge in [0.1, 0.15) is 5.82 Å². The first kappa shape index (κ1) is 17.4. The maximum absolute atomic E-state index is 5.12. The molecule has 0 spiro atoms. The van der Waals surface area contributed by atoms with E-state index in [0.717, 1.165) is 43.5 Å². The van der Waals surface area contributed by atoms with Gasteiger partial charge in [-0.1, -0.05) is 70.5 Å². The van der Waals surface area contributed by atoms with Crippen molar-refractivity contribution in [3.05, 3.63) is 102 Å². The molecule has 0 saturated carbocycles. The Morgan fingerprint density at radius 2 is 1.43 bits per heavy atom. The number of para-hydroxylation sites is 2. The molecule has 0 atom stereocenters. The van der Waals surface area contributed by atoms with Crippen molar-refractivity contribution in [1.82, 2.24) is 14.5 Å². The minimum absolute atomic E-state index is 0.888. The topological polar surface area (TPSA) is 30.7 Å². The van der Waals surface area contributed by atoms with Gasteiger partial charge in [0.05, 0.1) is 22.2 Å². The third-order valence-corrected chi connectivity index (χ3v) is 6.03. The molecule has 0 aliphatic heterocycles. The standard InChI is InChI=1S/C26H16BrN3/c27-18-14-12-17(13-15-18)25-26-24(19-7-1-3-9-21(19)29-25)20-8-2-4-10-22(20)30(26)23-11-5-6-16-28-23/h1-16H. The Balaban J connectivity index is 1.89. The number of halogens is 1. The molecule has 3 nitrogen and oxygen atoms in total. The Kier molecular flexibility index (Phi) is 3.93. The van der Waals surface area contributed by atoms with Gasteiger partial charge in [0, 0.05) is 32.4 Å². The molecule has 0 fully saturated rings. The smallest absolute Gasteiger partial charge is 0.137 e. The maximum Gasteiger partial charge on any atom is 0.137 e. The van der Waals surface area contributed by atoms with Crippen LogP contribution >= 0.6 is 15.9 Å². The van der Waals surface area contributed by atoms with E-state index in [0.29, 0.717) is 0 Å². The highest BCUT2D eigenvalue weighted by atomic mass is 79.9. The van der Waals surface area contributed by atoms with Crippen LogP contribution in [0.4, 0.5) is 0 Å². The van der Waals surface area contributed by atoms with E-state index in [4.69, 9.17) is 4.98 Å². The summed E-state index contributed by atoms with van der Waals surface area (Å²) in [4.78, 5) is 9.80. The second-order valence-electron chi connectivity index (χ2n) is 7.25. The molecule has 3 heterocycles. The minimum Gasteiger partial charge on any atom is -0.292 e. The maximum atomic E-state index is 5.12. The lowest BCUT2D eigenvalue weighted by molar-refractivity contribution is 1.08. The number of pyridine rings is 2. The fourth-order valence-electron chi connectivity index (χ4n) is 4.23. The molecule has 6 rings (SSSR count). The first-order valence-electron chi connectivity index (χ1n) is 9.80. The first-order valence-corrected chi connectivity index (χ1v) is 10.6. The van der Waals surface area contributed by atoms with Crippen molar-refractivity contribution in [2.45, 2.75) is 0 Å². The Morgan fingerprint density at radius 3 is 2.23 bits per heavy atom. The highest BCUT2D eigenvalue weighted by molar-refractivity contribution is 9.10. The zero-order chi connectivity index (χ0) is 20.1. The molecule has 0 aliphatic carbocycles. The fraction of sp³-hybridized carbons (Fsp3) is 0. The van der Waals surface area contributed by atoms with Crippen LogP contribution in [0.5, 0.6) is 0 Å². The molecule has 0 radical (unpaired) electrons. The molecule has 142 valence electrons. The van der Waals surface area contributed by atoms with E-state index in [1.165, 1.54) is 10.8 Å². The van der Waals surface area contributed by atoms with Gasteiger partial charge < -0.3 is 0 Å². The second-order valence-corrected chi connectivity index (χ2v) is 8.16. The van der Waals surface area contributed by atoms with Crippen LogP contribution < -0.4 is 0 Å². The third kappa shape index (κ3) is 2.57. The lowest BCUT2D eigenvalue weighted by atomic mass is 10.0. The molecular weight excluding hydrogens is 434 g/mol. The summed E-state index contributed by atoms with van der Waals surface area (Å²) < 4.78 is 3.29. The summed E-state index contributed by atoms with van der Waals surface area (Å²) in [6, 6.07) is 31.3. The average molecular weight is 450 g/mol. The summed E-state index contributed by atoms with van der Waals surface area (Å²) in [7, 11) is 0. The number of benzene rings is 3. The van der Waals surface area contributed by atoms with Gasteiger partial charge in [-0.3, -0.25) is 4.57 Å². The molecule has 0 saturated heterocycles. The lowest BCUT2D eigenvalue weighted by Crippen LogP contribution is -1.99. The molecule has 0 unspecified atom stereocenters. The van der Waals surface area contributed by atoms with Crippen LogP contribution in [0.1, 0.15) is 0 Å². The fourth-order valence-corrected chi connectivity index (χ4v) is 4.49. The zero-order valence-corrected chi connectivity index (χ0v) is 17.5. The van der Waals surface area contributed by atoms with Crippen molar-refractivity contribution in [2.24, 2.45) is 0 Å². The molecule has 6 aromatic rings. The summed E-state index contributed by atoms with van der Waals surface area (Å²) in [6.45, 7) is 0. The van der Waals surface area contributed by atoms with Crippen LogP contribution in [0.15, 0.2) is 102 Å². The monoisotopic (exact) mass is 449 g/mol. The summed E-state index contributed by atoms with van der Waals surface area (Å²) >= 11 is 3.55. The highest BCUT2D eigenvalue weighted by Crippen LogP contribution is 2.40. The number of nitrogens with zero attached hydrogens (tertiary/aromatic N) is 3. The van der Waals surface area contributed by atoms with Gasteiger partial charge in [0.2, 0.25) is 0 Å². The molecule has 30 heavy (non-hydrogen) atoms. The van der Waals surface area contributed by atoms with E-state index in [-0.39, 0.29) is 0 Å². The number of aromatic nitrogens is 3. The SMILES string of the molecule is Brc1ccc(-c2nc3ccccc3c3c4ccccc4n(-c4ccccn4)c23)cc1. The van der Waals surface area contributed by atoms with Gasteiger partial charge in [-0.15, -0.1) is 0 Å². The van der Waals surface area contributed by atoms with Crippen LogP contribution in [0, 0.1) is 0 Å². The van der Waals surface area contributed by atoms with Crippen LogP contribution in [-0.4, -0.2) is 14.5 Å². The van der Waals surface area contributed by atoms with Gasteiger partial charge >= 0.3 is 0 Å². The van der Waals surface area contributed by atoms with Crippen molar-refractivity contribution in [1.29, 1.82) is 0 Å². The van der Waals surface area contributed by atoms with E-state index in [2.05, 4.69) is 92.2 Å². The van der Waals surface area contributed by atoms with E-state index in [1.54, 1.807) is 0 Å². The van der Waals surface area contributed by atoms with Gasteiger partial charge in [0.15, 0.2) is 0 Å². The van der Waals surface area contributed by atoms with Crippen molar-refractivity contribution in [3.63, 3.8) is 0 Å². The van der Waals surface area contributed by atoms with E-state index < -0.39 is 0 Å². The van der Waals surface area contributed by atoms with Crippen LogP contribution in [0.2, 0.25) is 0 Å². The summed E-state index contributed by atoms with van der Waals surface area (Å²) in [6.07, 6.45) is 1.84. The molecule has 3 aromatic carbocycles. The minimum atomic E-state index is 0.888. The Morgan fingerprint density at radius 1 is 0.700 bits per heavy atom. The number of fused-ring (bicyclic) bond motifs is 5. The molecular formula is C26H16BrN3. The second kappa shape index (κ2) is 6.78. The third-order valence-electron chi connectivity index (χ3n) is 5.50. The van der Waals surface area contributed by atoms with E-state index in [1.807, 2.05) is 30.5 Å². The van der Waals surface area contributed by atoms with Crippen molar-refractivity contribution in [2.75, 3.05) is 0 Å². The number of hydrogen-bond acceptors (Lipinski definition) is 2. The predicted octanol–water partition coefficient (Wildman–Crippen LogP) is 7.16. The average Bonchev–Trinajstić information content (AvgIpc) is 3.15. The molecule has 0 aliphatic rings. The number of rotatable bonds is 2. The van der Waals surface area contributed by atoms with E-state index in [9.17, 15) is 0 Å². The van der Waals surface area contributed by atoms with Gasteiger partial charge in [-0.2, -0.15) is 0 Å². The summed E-state index contributed by atoms with van der Waals surface area (Å²) in [5, 5.41) is 3.56.